The molecule has 0 aliphatic carbocycles. The first-order valence-corrected chi connectivity index (χ1v) is 6.02. The fourth-order valence-electron chi connectivity index (χ4n) is 1.85. The van der Waals surface area contributed by atoms with Crippen molar-refractivity contribution in [1.82, 2.24) is 0 Å². The SMILES string of the molecule is CCCCCC(C)c1ccc(F)c(OC)c1. The molecule has 2 heteroatoms. The smallest absolute Gasteiger partial charge is 0.165 e. The van der Waals surface area contributed by atoms with Crippen LogP contribution in [0.4, 0.5) is 4.39 Å². The molecule has 0 aromatic heterocycles. The fraction of sp³-hybridized carbons (Fsp3) is 0.571. The zero-order chi connectivity index (χ0) is 12.0. The van der Waals surface area contributed by atoms with Crippen LogP contribution >= 0.6 is 0 Å². The molecule has 0 heterocycles. The molecule has 1 rings (SSSR count). The van der Waals surface area contributed by atoms with Crippen molar-refractivity contribution >= 4 is 0 Å². The number of hydrogen-bond donors (Lipinski definition) is 0. The van der Waals surface area contributed by atoms with Crippen molar-refractivity contribution in [2.45, 2.75) is 45.4 Å². The molecule has 0 N–H and O–H groups in total. The third kappa shape index (κ3) is 3.51. The quantitative estimate of drug-likeness (QED) is 0.646. The van der Waals surface area contributed by atoms with Crippen molar-refractivity contribution in [3.8, 4) is 5.75 Å². The van der Waals surface area contributed by atoms with Gasteiger partial charge in [0.1, 0.15) is 0 Å². The molecule has 0 saturated carbocycles. The van der Waals surface area contributed by atoms with Gasteiger partial charge in [-0.3, -0.25) is 0 Å². The van der Waals surface area contributed by atoms with E-state index < -0.39 is 0 Å². The van der Waals surface area contributed by atoms with Crippen LogP contribution in [0, 0.1) is 5.82 Å². The van der Waals surface area contributed by atoms with E-state index >= 15 is 0 Å². The minimum absolute atomic E-state index is 0.285. The number of hydrogen-bond acceptors (Lipinski definition) is 1. The highest BCUT2D eigenvalue weighted by molar-refractivity contribution is 5.32. The monoisotopic (exact) mass is 224 g/mol. The first-order chi connectivity index (χ1) is 7.69. The van der Waals surface area contributed by atoms with Gasteiger partial charge < -0.3 is 4.74 Å². The van der Waals surface area contributed by atoms with Gasteiger partial charge in [-0.25, -0.2) is 4.39 Å². The summed E-state index contributed by atoms with van der Waals surface area (Å²) in [6, 6.07) is 5.16. The lowest BCUT2D eigenvalue weighted by Gasteiger charge is -2.13. The maximum atomic E-state index is 13.2. The van der Waals surface area contributed by atoms with Gasteiger partial charge >= 0.3 is 0 Å². The number of ether oxygens (including phenoxy) is 1. The van der Waals surface area contributed by atoms with Crippen LogP contribution in [0.15, 0.2) is 18.2 Å². The predicted molar refractivity (Wildman–Crippen MR) is 65.5 cm³/mol. The minimum atomic E-state index is -0.285. The zero-order valence-corrected chi connectivity index (χ0v) is 10.4. The summed E-state index contributed by atoms with van der Waals surface area (Å²) in [6.45, 7) is 4.38. The number of unbranched alkanes of at least 4 members (excludes halogenated alkanes) is 2. The minimum Gasteiger partial charge on any atom is -0.494 e. The van der Waals surface area contributed by atoms with E-state index in [1.807, 2.05) is 12.1 Å². The Morgan fingerprint density at radius 3 is 2.69 bits per heavy atom. The molecule has 16 heavy (non-hydrogen) atoms. The molecule has 0 bridgehead atoms. The normalized spacial score (nSPS) is 12.5. The van der Waals surface area contributed by atoms with E-state index in [1.165, 1.54) is 32.4 Å². The van der Waals surface area contributed by atoms with E-state index in [9.17, 15) is 4.39 Å². The van der Waals surface area contributed by atoms with Crippen molar-refractivity contribution < 1.29 is 9.13 Å². The molecule has 1 nitrogen and oxygen atoms in total. The summed E-state index contributed by atoms with van der Waals surface area (Å²) in [5, 5.41) is 0. The molecule has 0 aliphatic heterocycles. The second-order valence-electron chi connectivity index (χ2n) is 4.29. The summed E-state index contributed by atoms with van der Waals surface area (Å²) < 4.78 is 18.2. The third-order valence-corrected chi connectivity index (χ3v) is 2.98. The summed E-state index contributed by atoms with van der Waals surface area (Å²) in [4.78, 5) is 0. The van der Waals surface area contributed by atoms with E-state index in [4.69, 9.17) is 4.74 Å². The maximum absolute atomic E-state index is 13.2. The lowest BCUT2D eigenvalue weighted by molar-refractivity contribution is 0.385. The molecular formula is C14H21FO. The lowest BCUT2D eigenvalue weighted by Crippen LogP contribution is -1.96. The van der Waals surface area contributed by atoms with Gasteiger partial charge in [-0.1, -0.05) is 39.2 Å². The number of halogens is 1. The largest absolute Gasteiger partial charge is 0.494 e. The van der Waals surface area contributed by atoms with Gasteiger partial charge in [0.25, 0.3) is 0 Å². The van der Waals surface area contributed by atoms with Crippen LogP contribution in [0.2, 0.25) is 0 Å². The van der Waals surface area contributed by atoms with Crippen molar-refractivity contribution in [1.29, 1.82) is 0 Å². The Morgan fingerprint density at radius 2 is 2.06 bits per heavy atom. The summed E-state index contributed by atoms with van der Waals surface area (Å²) >= 11 is 0. The Kier molecular flexibility index (Phi) is 5.30. The fourth-order valence-corrected chi connectivity index (χ4v) is 1.85. The first-order valence-electron chi connectivity index (χ1n) is 6.02. The summed E-state index contributed by atoms with van der Waals surface area (Å²) in [5.74, 6) is 0.535. The molecule has 1 aromatic rings. The molecule has 0 radical (unpaired) electrons. The van der Waals surface area contributed by atoms with Crippen LogP contribution in [-0.4, -0.2) is 7.11 Å². The average Bonchev–Trinajstić information content (AvgIpc) is 2.30. The second kappa shape index (κ2) is 6.51. The van der Waals surface area contributed by atoms with E-state index in [-0.39, 0.29) is 5.82 Å². The second-order valence-corrected chi connectivity index (χ2v) is 4.29. The van der Waals surface area contributed by atoms with Gasteiger partial charge in [0, 0.05) is 0 Å². The Balaban J connectivity index is 2.64. The molecule has 0 saturated heterocycles. The number of methoxy groups -OCH3 is 1. The molecule has 1 unspecified atom stereocenters. The highest BCUT2D eigenvalue weighted by atomic mass is 19.1. The van der Waals surface area contributed by atoms with Crippen molar-refractivity contribution in [3.63, 3.8) is 0 Å². The topological polar surface area (TPSA) is 9.23 Å². The van der Waals surface area contributed by atoms with Gasteiger partial charge in [-0.05, 0) is 30.0 Å². The maximum Gasteiger partial charge on any atom is 0.165 e. The molecule has 0 fully saturated rings. The predicted octanol–water partition coefficient (Wildman–Crippen LogP) is 4.52. The Labute approximate surface area is 97.6 Å². The van der Waals surface area contributed by atoms with Gasteiger partial charge in [-0.2, -0.15) is 0 Å². The van der Waals surface area contributed by atoms with Gasteiger partial charge in [0.05, 0.1) is 7.11 Å². The van der Waals surface area contributed by atoms with Crippen LogP contribution < -0.4 is 4.74 Å². The van der Waals surface area contributed by atoms with E-state index in [0.29, 0.717) is 11.7 Å². The molecule has 1 aromatic carbocycles. The molecule has 0 spiro atoms. The zero-order valence-electron chi connectivity index (χ0n) is 10.4. The molecule has 90 valence electrons. The van der Waals surface area contributed by atoms with E-state index in [2.05, 4.69) is 13.8 Å². The van der Waals surface area contributed by atoms with E-state index in [1.54, 1.807) is 0 Å². The van der Waals surface area contributed by atoms with Crippen LogP contribution in [-0.2, 0) is 0 Å². The lowest BCUT2D eigenvalue weighted by atomic mass is 9.95. The number of benzene rings is 1. The van der Waals surface area contributed by atoms with Crippen molar-refractivity contribution in [2.24, 2.45) is 0 Å². The standard InChI is InChI=1S/C14H21FO/c1-4-5-6-7-11(2)12-8-9-13(15)14(10-12)16-3/h8-11H,4-7H2,1-3H3. The third-order valence-electron chi connectivity index (χ3n) is 2.98. The van der Waals surface area contributed by atoms with Crippen molar-refractivity contribution in [3.05, 3.63) is 29.6 Å². The Morgan fingerprint density at radius 1 is 1.31 bits per heavy atom. The van der Waals surface area contributed by atoms with Crippen molar-refractivity contribution in [2.75, 3.05) is 7.11 Å². The summed E-state index contributed by atoms with van der Waals surface area (Å²) in [5.41, 5.74) is 1.16. The van der Waals surface area contributed by atoms with E-state index in [0.717, 1.165) is 12.0 Å². The van der Waals surface area contributed by atoms with Crippen LogP contribution in [0.25, 0.3) is 0 Å². The Hall–Kier alpha value is -1.05. The highest BCUT2D eigenvalue weighted by Gasteiger charge is 2.09. The average molecular weight is 224 g/mol. The molecule has 0 amide bonds. The van der Waals surface area contributed by atoms with Crippen LogP contribution in [0.5, 0.6) is 5.75 Å². The first kappa shape index (κ1) is 13.0. The highest BCUT2D eigenvalue weighted by Crippen LogP contribution is 2.26. The summed E-state index contributed by atoms with van der Waals surface area (Å²) in [6.07, 6.45) is 4.89. The Bertz CT molecular complexity index is 323. The van der Waals surface area contributed by atoms with Gasteiger partial charge in [0.15, 0.2) is 11.6 Å². The molecule has 0 aliphatic rings. The molecule has 1 atom stereocenters. The molecular weight excluding hydrogens is 203 g/mol. The number of rotatable bonds is 6. The van der Waals surface area contributed by atoms with Crippen LogP contribution in [0.3, 0.4) is 0 Å². The summed E-state index contributed by atoms with van der Waals surface area (Å²) in [7, 11) is 1.50. The van der Waals surface area contributed by atoms with Crippen LogP contribution in [0.1, 0.15) is 51.0 Å². The van der Waals surface area contributed by atoms with Gasteiger partial charge in [-0.15, -0.1) is 0 Å². The van der Waals surface area contributed by atoms with Gasteiger partial charge in [0.2, 0.25) is 0 Å².